The number of H-pyrrole nitrogens is 1. The molecule has 1 aliphatic heterocycles. The van der Waals surface area contributed by atoms with Crippen LogP contribution in [0.2, 0.25) is 0 Å². The Bertz CT molecular complexity index is 882. The number of hydrogen-bond donors (Lipinski definition) is 2. The van der Waals surface area contributed by atoms with E-state index in [9.17, 15) is 4.79 Å². The highest BCUT2D eigenvalue weighted by atomic mass is 32.2. The predicted molar refractivity (Wildman–Crippen MR) is 96.5 cm³/mol. The van der Waals surface area contributed by atoms with E-state index in [0.29, 0.717) is 18.2 Å². The first-order valence-corrected chi connectivity index (χ1v) is 8.91. The van der Waals surface area contributed by atoms with Gasteiger partial charge in [0.2, 0.25) is 5.91 Å². The average molecular weight is 352 g/mol. The maximum Gasteiger partial charge on any atom is 0.235 e. The maximum atomic E-state index is 11.8. The molecule has 3 aromatic rings. The summed E-state index contributed by atoms with van der Waals surface area (Å²) in [7, 11) is 0. The molecular formula is C18H16N4O2S. The normalized spacial score (nSPS) is 16.6. The molecule has 2 aromatic heterocycles. The Morgan fingerprint density at radius 1 is 1.24 bits per heavy atom. The zero-order chi connectivity index (χ0) is 17.1. The van der Waals surface area contributed by atoms with E-state index >= 15 is 0 Å². The van der Waals surface area contributed by atoms with Crippen molar-refractivity contribution >= 4 is 23.5 Å². The Morgan fingerprint density at radius 2 is 2.20 bits per heavy atom. The van der Waals surface area contributed by atoms with E-state index in [4.69, 9.17) is 4.74 Å². The zero-order valence-electron chi connectivity index (χ0n) is 13.3. The van der Waals surface area contributed by atoms with Crippen molar-refractivity contribution in [2.24, 2.45) is 0 Å². The molecule has 2 N–H and O–H groups in total. The van der Waals surface area contributed by atoms with Crippen molar-refractivity contribution in [2.75, 3.05) is 11.1 Å². The van der Waals surface area contributed by atoms with E-state index in [0.717, 1.165) is 22.4 Å². The van der Waals surface area contributed by atoms with Gasteiger partial charge in [-0.15, -0.1) is 11.8 Å². The number of ether oxygens (including phenoxy) is 1. The second-order valence-corrected chi connectivity index (χ2v) is 6.76. The molecule has 0 saturated carbocycles. The standard InChI is InChI=1S/C18H16N4O2S/c23-16-11-25-17(15-9-20-22-18(15)21-16)13-4-1-5-14(7-13)24-10-12-3-2-6-19-8-12/h1-9,17H,10-11H2,(H2,20,21,22,23). The minimum Gasteiger partial charge on any atom is -0.489 e. The highest BCUT2D eigenvalue weighted by Crippen LogP contribution is 2.41. The molecule has 0 radical (unpaired) electrons. The van der Waals surface area contributed by atoms with Gasteiger partial charge in [-0.25, -0.2) is 0 Å². The van der Waals surface area contributed by atoms with E-state index in [-0.39, 0.29) is 11.2 Å². The van der Waals surface area contributed by atoms with Crippen LogP contribution >= 0.6 is 11.8 Å². The first-order valence-electron chi connectivity index (χ1n) is 7.86. The lowest BCUT2D eigenvalue weighted by Gasteiger charge is -2.15. The molecule has 4 rings (SSSR count). The Labute approximate surface area is 149 Å². The number of pyridine rings is 1. The average Bonchev–Trinajstić information content (AvgIpc) is 3.03. The van der Waals surface area contributed by atoms with E-state index in [2.05, 4.69) is 20.5 Å². The molecule has 1 unspecified atom stereocenters. The molecule has 25 heavy (non-hydrogen) atoms. The molecule has 1 atom stereocenters. The Kier molecular flexibility index (Phi) is 4.39. The number of carbonyl (C=O) groups excluding carboxylic acids is 1. The van der Waals surface area contributed by atoms with Crippen molar-refractivity contribution in [2.45, 2.75) is 11.9 Å². The molecule has 1 aromatic carbocycles. The van der Waals surface area contributed by atoms with Crippen LogP contribution in [0.4, 0.5) is 5.82 Å². The molecule has 0 aliphatic carbocycles. The summed E-state index contributed by atoms with van der Waals surface area (Å²) in [5.41, 5.74) is 3.07. The van der Waals surface area contributed by atoms with Crippen molar-refractivity contribution in [3.8, 4) is 5.75 Å². The molecule has 3 heterocycles. The van der Waals surface area contributed by atoms with Gasteiger partial charge in [-0.2, -0.15) is 5.10 Å². The van der Waals surface area contributed by atoms with Crippen LogP contribution < -0.4 is 10.1 Å². The Hall–Kier alpha value is -2.80. The van der Waals surface area contributed by atoms with E-state index in [1.807, 2.05) is 36.4 Å². The number of hydrogen-bond acceptors (Lipinski definition) is 5. The van der Waals surface area contributed by atoms with Gasteiger partial charge in [0, 0.05) is 23.5 Å². The second kappa shape index (κ2) is 6.98. The van der Waals surface area contributed by atoms with Crippen molar-refractivity contribution in [3.63, 3.8) is 0 Å². The third-order valence-corrected chi connectivity index (χ3v) is 5.17. The van der Waals surface area contributed by atoms with Gasteiger partial charge in [0.05, 0.1) is 17.2 Å². The van der Waals surface area contributed by atoms with Gasteiger partial charge in [-0.3, -0.25) is 14.9 Å². The lowest BCUT2D eigenvalue weighted by Crippen LogP contribution is -2.12. The van der Waals surface area contributed by atoms with Gasteiger partial charge in [-0.1, -0.05) is 18.2 Å². The summed E-state index contributed by atoms with van der Waals surface area (Å²) in [6.07, 6.45) is 5.30. The molecule has 126 valence electrons. The van der Waals surface area contributed by atoms with Crippen LogP contribution in [0, 0.1) is 0 Å². The highest BCUT2D eigenvalue weighted by Gasteiger charge is 2.25. The number of aromatic amines is 1. The molecule has 0 fully saturated rings. The van der Waals surface area contributed by atoms with Crippen LogP contribution in [0.1, 0.15) is 21.9 Å². The van der Waals surface area contributed by atoms with Gasteiger partial charge in [0.15, 0.2) is 0 Å². The SMILES string of the molecule is O=C1CSC(c2cccc(OCc3cccnc3)c2)c2cn[nH]c2N1. The lowest BCUT2D eigenvalue weighted by molar-refractivity contribution is -0.113. The minimum atomic E-state index is -0.0259. The van der Waals surface area contributed by atoms with Crippen LogP contribution in [0.5, 0.6) is 5.75 Å². The summed E-state index contributed by atoms with van der Waals surface area (Å²) in [5.74, 6) is 1.83. The lowest BCUT2D eigenvalue weighted by atomic mass is 10.1. The molecule has 1 amide bonds. The molecule has 1 aliphatic rings. The van der Waals surface area contributed by atoms with Crippen molar-refractivity contribution in [3.05, 3.63) is 71.7 Å². The first kappa shape index (κ1) is 15.7. The number of benzene rings is 1. The number of carbonyl (C=O) groups is 1. The topological polar surface area (TPSA) is 79.9 Å². The minimum absolute atomic E-state index is 0.0228. The third-order valence-electron chi connectivity index (χ3n) is 3.89. The van der Waals surface area contributed by atoms with Gasteiger partial charge >= 0.3 is 0 Å². The van der Waals surface area contributed by atoms with E-state index in [1.165, 1.54) is 0 Å². The second-order valence-electron chi connectivity index (χ2n) is 5.66. The third kappa shape index (κ3) is 3.51. The van der Waals surface area contributed by atoms with Crippen LogP contribution in [0.25, 0.3) is 0 Å². The number of rotatable bonds is 4. The summed E-state index contributed by atoms with van der Waals surface area (Å²) in [6, 6.07) is 11.8. The molecule has 7 heteroatoms. The Balaban J connectivity index is 1.56. The predicted octanol–water partition coefficient (Wildman–Crippen LogP) is 3.16. The number of thioether (sulfide) groups is 1. The summed E-state index contributed by atoms with van der Waals surface area (Å²) in [6.45, 7) is 0.464. The fraction of sp³-hybridized carbons (Fsp3) is 0.167. The van der Waals surface area contributed by atoms with Crippen molar-refractivity contribution in [1.82, 2.24) is 15.2 Å². The van der Waals surface area contributed by atoms with Crippen LogP contribution in [0.15, 0.2) is 55.0 Å². The quantitative estimate of drug-likeness (QED) is 0.754. The molecule has 6 nitrogen and oxygen atoms in total. The largest absolute Gasteiger partial charge is 0.489 e. The molecular weight excluding hydrogens is 336 g/mol. The summed E-state index contributed by atoms with van der Waals surface area (Å²) in [5, 5.41) is 9.79. The van der Waals surface area contributed by atoms with Gasteiger partial charge in [0.1, 0.15) is 18.2 Å². The zero-order valence-corrected chi connectivity index (χ0v) is 14.1. The van der Waals surface area contributed by atoms with Gasteiger partial charge < -0.3 is 10.1 Å². The molecule has 0 bridgehead atoms. The maximum absolute atomic E-state index is 11.8. The number of nitrogens with one attached hydrogen (secondary N) is 2. The van der Waals surface area contributed by atoms with Gasteiger partial charge in [-0.05, 0) is 23.8 Å². The van der Waals surface area contributed by atoms with Crippen LogP contribution in [0.3, 0.4) is 0 Å². The molecule has 0 spiro atoms. The van der Waals surface area contributed by atoms with E-state index < -0.39 is 0 Å². The summed E-state index contributed by atoms with van der Waals surface area (Å²) in [4.78, 5) is 15.9. The number of fused-ring (bicyclic) bond motifs is 1. The summed E-state index contributed by atoms with van der Waals surface area (Å²) >= 11 is 1.58. The number of nitrogens with zero attached hydrogens (tertiary/aromatic N) is 2. The monoisotopic (exact) mass is 352 g/mol. The van der Waals surface area contributed by atoms with Crippen LogP contribution in [-0.4, -0.2) is 26.8 Å². The fourth-order valence-electron chi connectivity index (χ4n) is 2.71. The van der Waals surface area contributed by atoms with Gasteiger partial charge in [0.25, 0.3) is 0 Å². The van der Waals surface area contributed by atoms with Crippen molar-refractivity contribution in [1.29, 1.82) is 0 Å². The fourth-order valence-corrected chi connectivity index (χ4v) is 3.80. The summed E-state index contributed by atoms with van der Waals surface area (Å²) < 4.78 is 5.89. The number of amides is 1. The van der Waals surface area contributed by atoms with Crippen LogP contribution in [-0.2, 0) is 11.4 Å². The first-order chi connectivity index (χ1) is 12.3. The Morgan fingerprint density at radius 3 is 3.08 bits per heavy atom. The number of anilines is 1. The van der Waals surface area contributed by atoms with Crippen molar-refractivity contribution < 1.29 is 9.53 Å². The highest BCUT2D eigenvalue weighted by molar-refractivity contribution is 8.00. The number of aromatic nitrogens is 3. The smallest absolute Gasteiger partial charge is 0.235 e. The molecule has 0 saturated heterocycles. The van der Waals surface area contributed by atoms with E-state index in [1.54, 1.807) is 30.4 Å².